The van der Waals surface area contributed by atoms with E-state index in [9.17, 15) is 14.7 Å². The third-order valence-electron chi connectivity index (χ3n) is 4.37. The van der Waals surface area contributed by atoms with Gasteiger partial charge in [-0.1, -0.05) is 18.2 Å². The smallest absolute Gasteiger partial charge is 0.354 e. The van der Waals surface area contributed by atoms with Crippen LogP contribution < -0.4 is 0 Å². The van der Waals surface area contributed by atoms with Crippen molar-refractivity contribution < 1.29 is 14.7 Å². The van der Waals surface area contributed by atoms with Crippen LogP contribution in [0.3, 0.4) is 0 Å². The van der Waals surface area contributed by atoms with E-state index in [-0.39, 0.29) is 11.6 Å². The molecule has 0 bridgehead atoms. The Balaban J connectivity index is 2.08. The van der Waals surface area contributed by atoms with E-state index in [1.165, 1.54) is 6.20 Å². The van der Waals surface area contributed by atoms with E-state index >= 15 is 0 Å². The van der Waals surface area contributed by atoms with Gasteiger partial charge in [0.15, 0.2) is 5.69 Å². The predicted octanol–water partition coefficient (Wildman–Crippen LogP) is 2.65. The maximum atomic E-state index is 11.9. The Hall–Kier alpha value is -3.22. The van der Waals surface area contributed by atoms with Crippen molar-refractivity contribution in [2.75, 3.05) is 14.1 Å². The molecule has 0 fully saturated rings. The zero-order valence-electron chi connectivity index (χ0n) is 14.9. The van der Waals surface area contributed by atoms with Crippen molar-refractivity contribution >= 4 is 22.8 Å². The first-order chi connectivity index (χ1) is 12.4. The number of pyridine rings is 1. The van der Waals surface area contributed by atoms with Crippen molar-refractivity contribution in [1.82, 2.24) is 20.1 Å². The van der Waals surface area contributed by atoms with Gasteiger partial charge >= 0.3 is 5.97 Å². The molecule has 0 atom stereocenters. The summed E-state index contributed by atoms with van der Waals surface area (Å²) in [6, 6.07) is 7.74. The Morgan fingerprint density at radius 2 is 2.04 bits per heavy atom. The van der Waals surface area contributed by atoms with E-state index < -0.39 is 5.97 Å². The summed E-state index contributed by atoms with van der Waals surface area (Å²) < 4.78 is 0. The number of carbonyl (C=O) groups is 2. The number of para-hydroxylation sites is 1. The number of carboxylic acid groups (broad SMARTS) is 1. The minimum atomic E-state index is -1.08. The summed E-state index contributed by atoms with van der Waals surface area (Å²) in [4.78, 5) is 29.6. The van der Waals surface area contributed by atoms with Gasteiger partial charge in [-0.25, -0.2) is 9.78 Å². The number of amides is 1. The average molecular weight is 352 g/mol. The fourth-order valence-electron chi connectivity index (χ4n) is 2.93. The number of aryl methyl sites for hydroxylation is 2. The van der Waals surface area contributed by atoms with Crippen LogP contribution >= 0.6 is 0 Å². The summed E-state index contributed by atoms with van der Waals surface area (Å²) in [5.41, 5.74) is 3.74. The molecular formula is C19H20N4O3. The standard InChI is InChI=1S/C19H20N4O3/c1-11-9-15(14-10-20-22-18(14)19(25)26)21-17-12(5-4-6-13(11)17)7-8-16(24)23(2)3/h4-6,9-10H,7-8H2,1-3H3,(H,20,22)(H,25,26). The summed E-state index contributed by atoms with van der Waals surface area (Å²) in [5.74, 6) is -1.03. The molecule has 134 valence electrons. The Morgan fingerprint density at radius 1 is 1.27 bits per heavy atom. The van der Waals surface area contributed by atoms with Gasteiger partial charge in [0.1, 0.15) is 0 Å². The summed E-state index contributed by atoms with van der Waals surface area (Å²) in [6.07, 6.45) is 2.43. The molecule has 2 heterocycles. The molecule has 1 aromatic carbocycles. The van der Waals surface area contributed by atoms with Gasteiger partial charge in [0.25, 0.3) is 0 Å². The van der Waals surface area contributed by atoms with Crippen LogP contribution in [0.4, 0.5) is 0 Å². The number of hydrogen-bond acceptors (Lipinski definition) is 4. The molecule has 0 radical (unpaired) electrons. The molecule has 0 spiro atoms. The van der Waals surface area contributed by atoms with Gasteiger partial charge in [-0.05, 0) is 30.5 Å². The third-order valence-corrected chi connectivity index (χ3v) is 4.37. The summed E-state index contributed by atoms with van der Waals surface area (Å²) >= 11 is 0. The summed E-state index contributed by atoms with van der Waals surface area (Å²) in [6.45, 7) is 1.96. The van der Waals surface area contributed by atoms with Crippen molar-refractivity contribution in [2.24, 2.45) is 0 Å². The molecule has 0 aliphatic heterocycles. The molecule has 26 heavy (non-hydrogen) atoms. The number of nitrogens with one attached hydrogen (secondary N) is 1. The van der Waals surface area contributed by atoms with Gasteiger partial charge in [0.05, 0.1) is 23.0 Å². The van der Waals surface area contributed by atoms with E-state index in [2.05, 4.69) is 10.2 Å². The molecule has 0 saturated heterocycles. The number of rotatable bonds is 5. The Kier molecular flexibility index (Phi) is 4.71. The molecular weight excluding hydrogens is 332 g/mol. The number of aromatic carboxylic acids is 1. The first-order valence-electron chi connectivity index (χ1n) is 8.25. The molecule has 1 amide bonds. The first kappa shape index (κ1) is 17.6. The molecule has 2 aromatic heterocycles. The monoisotopic (exact) mass is 352 g/mol. The van der Waals surface area contributed by atoms with Gasteiger partial charge < -0.3 is 10.0 Å². The Labute approximate surface area is 150 Å². The van der Waals surface area contributed by atoms with Crippen molar-refractivity contribution in [3.63, 3.8) is 0 Å². The van der Waals surface area contributed by atoms with Gasteiger partial charge in [-0.2, -0.15) is 5.10 Å². The minimum absolute atomic E-state index is 0.0107. The highest BCUT2D eigenvalue weighted by Crippen LogP contribution is 2.28. The van der Waals surface area contributed by atoms with Crippen LogP contribution in [0.2, 0.25) is 0 Å². The lowest BCUT2D eigenvalue weighted by atomic mass is 10.00. The van der Waals surface area contributed by atoms with Crippen molar-refractivity contribution in [3.05, 3.63) is 47.3 Å². The van der Waals surface area contributed by atoms with Crippen LogP contribution in [-0.2, 0) is 11.2 Å². The van der Waals surface area contributed by atoms with Crippen LogP contribution in [0, 0.1) is 6.92 Å². The van der Waals surface area contributed by atoms with Crippen LogP contribution in [0.5, 0.6) is 0 Å². The van der Waals surface area contributed by atoms with Crippen molar-refractivity contribution in [1.29, 1.82) is 0 Å². The van der Waals surface area contributed by atoms with Gasteiger partial charge in [0, 0.05) is 25.9 Å². The third kappa shape index (κ3) is 3.28. The van der Waals surface area contributed by atoms with Gasteiger partial charge in [-0.3, -0.25) is 9.89 Å². The lowest BCUT2D eigenvalue weighted by Gasteiger charge is -2.12. The zero-order chi connectivity index (χ0) is 18.8. The number of fused-ring (bicyclic) bond motifs is 1. The van der Waals surface area contributed by atoms with Gasteiger partial charge in [-0.15, -0.1) is 0 Å². The van der Waals surface area contributed by atoms with Gasteiger partial charge in [0.2, 0.25) is 5.91 Å². The van der Waals surface area contributed by atoms with Crippen LogP contribution in [0.15, 0.2) is 30.5 Å². The highest BCUT2D eigenvalue weighted by Gasteiger charge is 2.17. The topological polar surface area (TPSA) is 99.2 Å². The van der Waals surface area contributed by atoms with E-state index in [1.807, 2.05) is 31.2 Å². The van der Waals surface area contributed by atoms with E-state index in [0.717, 1.165) is 22.0 Å². The quantitative estimate of drug-likeness (QED) is 0.735. The van der Waals surface area contributed by atoms with Crippen molar-refractivity contribution in [3.8, 4) is 11.3 Å². The molecule has 7 nitrogen and oxygen atoms in total. The minimum Gasteiger partial charge on any atom is -0.477 e. The fraction of sp³-hybridized carbons (Fsp3) is 0.263. The molecule has 2 N–H and O–H groups in total. The molecule has 0 aliphatic carbocycles. The molecule has 0 aliphatic rings. The fourth-order valence-corrected chi connectivity index (χ4v) is 2.93. The van der Waals surface area contributed by atoms with E-state index in [0.29, 0.717) is 24.1 Å². The number of carbonyl (C=O) groups excluding carboxylic acids is 1. The second-order valence-electron chi connectivity index (χ2n) is 6.39. The highest BCUT2D eigenvalue weighted by molar-refractivity contribution is 5.95. The first-order valence-corrected chi connectivity index (χ1v) is 8.25. The maximum Gasteiger partial charge on any atom is 0.354 e. The van der Waals surface area contributed by atoms with E-state index in [4.69, 9.17) is 4.98 Å². The number of carboxylic acids is 1. The second-order valence-corrected chi connectivity index (χ2v) is 6.39. The molecule has 0 saturated carbocycles. The lowest BCUT2D eigenvalue weighted by molar-refractivity contribution is -0.128. The normalized spacial score (nSPS) is 10.9. The summed E-state index contributed by atoms with van der Waals surface area (Å²) in [7, 11) is 3.47. The molecule has 0 unspecified atom stereocenters. The molecule has 7 heteroatoms. The highest BCUT2D eigenvalue weighted by atomic mass is 16.4. The Bertz CT molecular complexity index is 992. The van der Waals surface area contributed by atoms with Crippen LogP contribution in [0.1, 0.15) is 28.0 Å². The second kappa shape index (κ2) is 6.95. The van der Waals surface area contributed by atoms with Crippen LogP contribution in [-0.4, -0.2) is 51.2 Å². The molecule has 3 rings (SSSR count). The van der Waals surface area contributed by atoms with Crippen molar-refractivity contribution in [2.45, 2.75) is 19.8 Å². The molecule has 3 aromatic rings. The number of H-pyrrole nitrogens is 1. The van der Waals surface area contributed by atoms with E-state index in [1.54, 1.807) is 19.0 Å². The van der Waals surface area contributed by atoms with Crippen LogP contribution in [0.25, 0.3) is 22.2 Å². The summed E-state index contributed by atoms with van der Waals surface area (Å²) in [5, 5.41) is 16.6. The zero-order valence-corrected chi connectivity index (χ0v) is 14.9. The number of aromatic nitrogens is 3. The largest absolute Gasteiger partial charge is 0.477 e. The number of benzene rings is 1. The lowest BCUT2D eigenvalue weighted by Crippen LogP contribution is -2.21. The number of nitrogens with zero attached hydrogens (tertiary/aromatic N) is 3. The maximum absolute atomic E-state index is 11.9. The predicted molar refractivity (Wildman–Crippen MR) is 98.0 cm³/mol. The number of hydrogen-bond donors (Lipinski definition) is 2. The SMILES string of the molecule is Cc1cc(-c2cn[nH]c2C(=O)O)nc2c(CCC(=O)N(C)C)cccc12. The number of aromatic amines is 1. The average Bonchev–Trinajstić information content (AvgIpc) is 3.09. The Morgan fingerprint density at radius 3 is 2.73 bits per heavy atom.